The van der Waals surface area contributed by atoms with Crippen molar-refractivity contribution in [3.63, 3.8) is 0 Å². The van der Waals surface area contributed by atoms with Gasteiger partial charge in [0.05, 0.1) is 6.04 Å². The van der Waals surface area contributed by atoms with Crippen molar-refractivity contribution in [2.24, 2.45) is 5.41 Å². The van der Waals surface area contributed by atoms with Gasteiger partial charge in [-0.05, 0) is 5.41 Å². The summed E-state index contributed by atoms with van der Waals surface area (Å²) >= 11 is 0. The van der Waals surface area contributed by atoms with Gasteiger partial charge in [0.2, 0.25) is 5.91 Å². The maximum atomic E-state index is 10.7. The Morgan fingerprint density at radius 2 is 2.10 bits per heavy atom. The molecule has 0 radical (unpaired) electrons. The molecular formula is C8H13NO. The second-order valence-corrected chi connectivity index (χ2v) is 3.71. The van der Waals surface area contributed by atoms with Crippen LogP contribution in [0.25, 0.3) is 0 Å². The molecule has 0 aromatic carbocycles. The van der Waals surface area contributed by atoms with Gasteiger partial charge >= 0.3 is 0 Å². The second kappa shape index (κ2) is 2.11. The van der Waals surface area contributed by atoms with E-state index < -0.39 is 0 Å². The third kappa shape index (κ3) is 1.38. The predicted octanol–water partition coefficient (Wildman–Crippen LogP) is 1.09. The van der Waals surface area contributed by atoms with Crippen molar-refractivity contribution in [2.75, 3.05) is 0 Å². The lowest BCUT2D eigenvalue weighted by atomic mass is 9.88. The fourth-order valence-corrected chi connectivity index (χ4v) is 0.938. The van der Waals surface area contributed by atoms with E-state index >= 15 is 0 Å². The molecule has 0 aromatic rings. The molecule has 0 saturated carbocycles. The average Bonchev–Trinajstić information content (AvgIpc) is 2.11. The van der Waals surface area contributed by atoms with Crippen LogP contribution in [-0.2, 0) is 4.79 Å². The molecule has 1 aliphatic rings. The standard InChI is InChI=1S/C8H13NO/c1-8(2,3)6-4-5-7(10)9-6/h4-6H,1-3H3,(H,9,10). The Hall–Kier alpha value is -0.790. The summed E-state index contributed by atoms with van der Waals surface area (Å²) in [5.74, 6) is 0.0277. The predicted molar refractivity (Wildman–Crippen MR) is 40.5 cm³/mol. The van der Waals surface area contributed by atoms with Gasteiger partial charge in [0.15, 0.2) is 0 Å². The Bertz CT molecular complexity index is 176. The van der Waals surface area contributed by atoms with Crippen molar-refractivity contribution in [3.8, 4) is 0 Å². The van der Waals surface area contributed by atoms with Gasteiger partial charge in [-0.3, -0.25) is 4.79 Å². The lowest BCUT2D eigenvalue weighted by Crippen LogP contribution is -2.37. The lowest BCUT2D eigenvalue weighted by Gasteiger charge is -2.25. The van der Waals surface area contributed by atoms with Crippen LogP contribution in [0.15, 0.2) is 12.2 Å². The van der Waals surface area contributed by atoms with Gasteiger partial charge < -0.3 is 5.32 Å². The van der Waals surface area contributed by atoms with Gasteiger partial charge in [-0.15, -0.1) is 0 Å². The van der Waals surface area contributed by atoms with Gasteiger partial charge in [-0.25, -0.2) is 0 Å². The minimum atomic E-state index is 0.0277. The molecule has 0 aromatic heterocycles. The summed E-state index contributed by atoms with van der Waals surface area (Å²) in [6.07, 6.45) is 3.51. The Kier molecular flexibility index (Phi) is 1.55. The fourth-order valence-electron chi connectivity index (χ4n) is 0.938. The number of amides is 1. The zero-order valence-corrected chi connectivity index (χ0v) is 6.64. The van der Waals surface area contributed by atoms with E-state index in [2.05, 4.69) is 26.1 Å². The first kappa shape index (κ1) is 7.32. The van der Waals surface area contributed by atoms with Crippen LogP contribution in [0.3, 0.4) is 0 Å². The van der Waals surface area contributed by atoms with E-state index in [4.69, 9.17) is 0 Å². The summed E-state index contributed by atoms with van der Waals surface area (Å²) in [5, 5.41) is 2.84. The summed E-state index contributed by atoms with van der Waals surface area (Å²) in [5.41, 5.74) is 0.142. The number of carbonyl (C=O) groups excluding carboxylic acids is 1. The molecule has 1 atom stereocenters. The molecule has 0 saturated heterocycles. The Morgan fingerprint density at radius 3 is 2.30 bits per heavy atom. The van der Waals surface area contributed by atoms with Crippen LogP contribution in [0.4, 0.5) is 0 Å². The number of rotatable bonds is 0. The van der Waals surface area contributed by atoms with Crippen molar-refractivity contribution in [1.29, 1.82) is 0 Å². The van der Waals surface area contributed by atoms with Gasteiger partial charge in [-0.1, -0.05) is 26.8 Å². The molecule has 0 fully saturated rings. The van der Waals surface area contributed by atoms with Gasteiger partial charge in [0.25, 0.3) is 0 Å². The van der Waals surface area contributed by atoms with E-state index in [1.807, 2.05) is 6.08 Å². The van der Waals surface area contributed by atoms with E-state index in [-0.39, 0.29) is 17.4 Å². The maximum absolute atomic E-state index is 10.7. The molecule has 1 unspecified atom stereocenters. The Balaban J connectivity index is 2.63. The summed E-state index contributed by atoms with van der Waals surface area (Å²) in [7, 11) is 0. The number of nitrogens with one attached hydrogen (secondary N) is 1. The minimum absolute atomic E-state index is 0.0277. The average molecular weight is 139 g/mol. The largest absolute Gasteiger partial charge is 0.346 e. The quantitative estimate of drug-likeness (QED) is 0.534. The van der Waals surface area contributed by atoms with Crippen molar-refractivity contribution >= 4 is 5.91 Å². The van der Waals surface area contributed by atoms with Crippen LogP contribution in [0.1, 0.15) is 20.8 Å². The van der Waals surface area contributed by atoms with Crippen molar-refractivity contribution in [1.82, 2.24) is 5.32 Å². The molecule has 1 rings (SSSR count). The molecule has 10 heavy (non-hydrogen) atoms. The molecule has 0 aliphatic carbocycles. The number of hydrogen-bond acceptors (Lipinski definition) is 1. The molecule has 2 nitrogen and oxygen atoms in total. The molecule has 0 spiro atoms. The zero-order chi connectivity index (χ0) is 7.78. The summed E-state index contributed by atoms with van der Waals surface area (Å²) < 4.78 is 0. The fraction of sp³-hybridized carbons (Fsp3) is 0.625. The summed E-state index contributed by atoms with van der Waals surface area (Å²) in [6, 6.07) is 0.208. The highest BCUT2D eigenvalue weighted by molar-refractivity contribution is 5.90. The van der Waals surface area contributed by atoms with Crippen LogP contribution >= 0.6 is 0 Å². The number of carbonyl (C=O) groups is 1. The van der Waals surface area contributed by atoms with Gasteiger partial charge in [-0.2, -0.15) is 0 Å². The van der Waals surface area contributed by atoms with Crippen molar-refractivity contribution in [3.05, 3.63) is 12.2 Å². The van der Waals surface area contributed by atoms with Crippen LogP contribution in [-0.4, -0.2) is 11.9 Å². The molecule has 56 valence electrons. The SMILES string of the molecule is CC(C)(C)C1C=CC(=O)N1. The van der Waals surface area contributed by atoms with Gasteiger partial charge in [0.1, 0.15) is 0 Å². The topological polar surface area (TPSA) is 29.1 Å². The molecular weight excluding hydrogens is 126 g/mol. The summed E-state index contributed by atoms with van der Waals surface area (Å²) in [6.45, 7) is 6.31. The number of hydrogen-bond donors (Lipinski definition) is 1. The molecule has 2 heteroatoms. The van der Waals surface area contributed by atoms with E-state index in [9.17, 15) is 4.79 Å². The highest BCUT2D eigenvalue weighted by Gasteiger charge is 2.26. The lowest BCUT2D eigenvalue weighted by molar-refractivity contribution is -0.116. The monoisotopic (exact) mass is 139 g/mol. The third-order valence-corrected chi connectivity index (χ3v) is 1.67. The normalized spacial score (nSPS) is 25.1. The van der Waals surface area contributed by atoms with Crippen molar-refractivity contribution in [2.45, 2.75) is 26.8 Å². The Morgan fingerprint density at radius 1 is 1.50 bits per heavy atom. The minimum Gasteiger partial charge on any atom is -0.346 e. The first-order chi connectivity index (χ1) is 4.50. The first-order valence-electron chi connectivity index (χ1n) is 3.49. The van der Waals surface area contributed by atoms with Crippen LogP contribution in [0, 0.1) is 5.41 Å². The van der Waals surface area contributed by atoms with Crippen LogP contribution < -0.4 is 5.32 Å². The molecule has 1 amide bonds. The highest BCUT2D eigenvalue weighted by Crippen LogP contribution is 2.22. The molecule has 1 N–H and O–H groups in total. The third-order valence-electron chi connectivity index (χ3n) is 1.67. The van der Waals surface area contributed by atoms with Crippen LogP contribution in [0.2, 0.25) is 0 Å². The highest BCUT2D eigenvalue weighted by atomic mass is 16.1. The molecule has 1 aliphatic heterocycles. The van der Waals surface area contributed by atoms with Crippen LogP contribution in [0.5, 0.6) is 0 Å². The van der Waals surface area contributed by atoms with Gasteiger partial charge in [0, 0.05) is 6.08 Å². The van der Waals surface area contributed by atoms with E-state index in [1.165, 1.54) is 0 Å². The summed E-state index contributed by atoms with van der Waals surface area (Å²) in [4.78, 5) is 10.7. The van der Waals surface area contributed by atoms with Crippen molar-refractivity contribution < 1.29 is 4.79 Å². The van der Waals surface area contributed by atoms with E-state index in [0.717, 1.165) is 0 Å². The zero-order valence-electron chi connectivity index (χ0n) is 6.64. The van der Waals surface area contributed by atoms with E-state index in [1.54, 1.807) is 6.08 Å². The Labute approximate surface area is 61.3 Å². The smallest absolute Gasteiger partial charge is 0.244 e. The second-order valence-electron chi connectivity index (χ2n) is 3.71. The molecule has 0 bridgehead atoms. The van der Waals surface area contributed by atoms with E-state index in [0.29, 0.717) is 0 Å². The maximum Gasteiger partial charge on any atom is 0.244 e. The first-order valence-corrected chi connectivity index (χ1v) is 3.49. The molecule has 1 heterocycles.